The van der Waals surface area contributed by atoms with Crippen molar-refractivity contribution in [3.05, 3.63) is 35.6 Å². The van der Waals surface area contributed by atoms with Crippen LogP contribution in [-0.2, 0) is 9.59 Å². The summed E-state index contributed by atoms with van der Waals surface area (Å²) in [5.41, 5.74) is 6.58. The normalized spacial score (nSPS) is 17.5. The van der Waals surface area contributed by atoms with E-state index in [9.17, 15) is 14.0 Å². The maximum Gasteiger partial charge on any atom is 0.304 e. The number of benzene rings is 1. The zero-order chi connectivity index (χ0) is 15.4. The van der Waals surface area contributed by atoms with Crippen molar-refractivity contribution in [1.82, 2.24) is 4.90 Å². The van der Waals surface area contributed by atoms with Crippen molar-refractivity contribution in [2.24, 2.45) is 5.73 Å². The lowest BCUT2D eigenvalue weighted by Gasteiger charge is -2.26. The highest BCUT2D eigenvalue weighted by atomic mass is 19.1. The van der Waals surface area contributed by atoms with Gasteiger partial charge >= 0.3 is 5.97 Å². The van der Waals surface area contributed by atoms with Gasteiger partial charge in [-0.3, -0.25) is 9.59 Å². The van der Waals surface area contributed by atoms with Crippen LogP contribution in [0.3, 0.4) is 0 Å². The maximum atomic E-state index is 13.0. The first-order chi connectivity index (χ1) is 9.99. The van der Waals surface area contributed by atoms with E-state index in [0.29, 0.717) is 18.7 Å². The predicted molar refractivity (Wildman–Crippen MR) is 75.2 cm³/mol. The molecule has 0 unspecified atom stereocenters. The van der Waals surface area contributed by atoms with E-state index < -0.39 is 23.7 Å². The summed E-state index contributed by atoms with van der Waals surface area (Å²) in [6, 6.07) is 4.54. The first kappa shape index (κ1) is 15.4. The van der Waals surface area contributed by atoms with Crippen molar-refractivity contribution in [2.45, 2.75) is 31.2 Å². The molecule has 114 valence electrons. The fraction of sp³-hybridized carbons (Fsp3) is 0.467. The summed E-state index contributed by atoms with van der Waals surface area (Å²) in [6.07, 6.45) is 1.63. The number of aliphatic carboxylic acids is 1. The van der Waals surface area contributed by atoms with Crippen LogP contribution in [0.25, 0.3) is 0 Å². The Hall–Kier alpha value is -1.95. The molecule has 0 radical (unpaired) electrons. The van der Waals surface area contributed by atoms with Crippen LogP contribution < -0.4 is 5.73 Å². The summed E-state index contributed by atoms with van der Waals surface area (Å²) in [4.78, 5) is 25.1. The fourth-order valence-electron chi connectivity index (χ4n) is 2.67. The summed E-state index contributed by atoms with van der Waals surface area (Å²) in [5, 5.41) is 9.04. The van der Waals surface area contributed by atoms with Crippen molar-refractivity contribution < 1.29 is 19.1 Å². The van der Waals surface area contributed by atoms with Crippen LogP contribution in [0.2, 0.25) is 0 Å². The van der Waals surface area contributed by atoms with Gasteiger partial charge < -0.3 is 15.7 Å². The number of halogens is 1. The van der Waals surface area contributed by atoms with Gasteiger partial charge in [-0.05, 0) is 30.5 Å². The summed E-state index contributed by atoms with van der Waals surface area (Å²) >= 11 is 0. The van der Waals surface area contributed by atoms with E-state index in [-0.39, 0.29) is 12.3 Å². The molecule has 0 saturated carbocycles. The average Bonchev–Trinajstić information content (AvgIpc) is 2.98. The van der Waals surface area contributed by atoms with E-state index in [2.05, 4.69) is 0 Å². The van der Waals surface area contributed by atoms with Gasteiger partial charge in [0.25, 0.3) is 0 Å². The van der Waals surface area contributed by atoms with Crippen molar-refractivity contribution in [1.29, 1.82) is 0 Å². The van der Waals surface area contributed by atoms with Gasteiger partial charge in [0.15, 0.2) is 0 Å². The van der Waals surface area contributed by atoms with Crippen LogP contribution in [-0.4, -0.2) is 41.0 Å². The Bertz CT molecular complexity index is 512. The van der Waals surface area contributed by atoms with Crippen LogP contribution in [0.5, 0.6) is 0 Å². The molecule has 1 saturated heterocycles. The molecule has 1 amide bonds. The second kappa shape index (κ2) is 6.67. The number of hydrogen-bond acceptors (Lipinski definition) is 3. The van der Waals surface area contributed by atoms with E-state index in [1.54, 1.807) is 4.90 Å². The number of rotatable bonds is 5. The number of hydrogen-bond donors (Lipinski definition) is 2. The molecule has 0 aliphatic carbocycles. The number of carbonyl (C=O) groups is 2. The number of likely N-dealkylation sites (tertiary alicyclic amines) is 1. The Balaban J connectivity index is 2.19. The summed E-state index contributed by atoms with van der Waals surface area (Å²) < 4.78 is 13.0. The second-order valence-corrected chi connectivity index (χ2v) is 5.31. The van der Waals surface area contributed by atoms with E-state index in [1.165, 1.54) is 24.3 Å². The Morgan fingerprint density at radius 2 is 1.81 bits per heavy atom. The standard InChI is InChI=1S/C15H19FN2O3/c16-11-5-3-10(4-6-11)12(9-13(19)20)14(17)15(21)18-7-1-2-8-18/h3-6,12,14H,1-2,7-9,17H2,(H,19,20)/t12-,14+/m0/s1. The molecule has 1 heterocycles. The molecule has 1 fully saturated rings. The van der Waals surface area contributed by atoms with Crippen LogP contribution in [0.1, 0.15) is 30.7 Å². The van der Waals surface area contributed by atoms with Crippen molar-refractivity contribution in [2.75, 3.05) is 13.1 Å². The lowest BCUT2D eigenvalue weighted by atomic mass is 9.88. The molecule has 0 spiro atoms. The number of carboxylic acid groups (broad SMARTS) is 1. The molecule has 6 heteroatoms. The third-order valence-electron chi connectivity index (χ3n) is 3.83. The van der Waals surface area contributed by atoms with Crippen molar-refractivity contribution in [3.63, 3.8) is 0 Å². The zero-order valence-electron chi connectivity index (χ0n) is 11.7. The van der Waals surface area contributed by atoms with E-state index in [0.717, 1.165) is 12.8 Å². The SMILES string of the molecule is N[C@@H](C(=O)N1CCCC1)[C@@H](CC(=O)O)c1ccc(F)cc1. The number of nitrogens with two attached hydrogens (primary N) is 1. The fourth-order valence-corrected chi connectivity index (χ4v) is 2.67. The Morgan fingerprint density at radius 1 is 1.24 bits per heavy atom. The van der Waals surface area contributed by atoms with Gasteiger partial charge in [0.1, 0.15) is 5.82 Å². The highest BCUT2D eigenvalue weighted by molar-refractivity contribution is 5.84. The lowest BCUT2D eigenvalue weighted by Crippen LogP contribution is -2.46. The molecule has 2 rings (SSSR count). The molecular formula is C15H19FN2O3. The van der Waals surface area contributed by atoms with Gasteiger partial charge in [-0.1, -0.05) is 12.1 Å². The molecule has 1 aromatic rings. The number of carboxylic acids is 1. The van der Waals surface area contributed by atoms with Crippen molar-refractivity contribution in [3.8, 4) is 0 Å². The Morgan fingerprint density at radius 3 is 2.33 bits per heavy atom. The molecule has 0 aromatic heterocycles. The van der Waals surface area contributed by atoms with Gasteiger partial charge in [0.2, 0.25) is 5.91 Å². The summed E-state index contributed by atoms with van der Waals surface area (Å²) in [6.45, 7) is 1.32. The molecular weight excluding hydrogens is 275 g/mol. The van der Waals surface area contributed by atoms with Crippen LogP contribution in [0.4, 0.5) is 4.39 Å². The monoisotopic (exact) mass is 294 g/mol. The third kappa shape index (κ3) is 3.78. The highest BCUT2D eigenvalue weighted by Gasteiger charge is 2.32. The molecule has 1 aliphatic heterocycles. The zero-order valence-corrected chi connectivity index (χ0v) is 11.7. The van der Waals surface area contributed by atoms with Gasteiger partial charge in [0, 0.05) is 19.0 Å². The van der Waals surface area contributed by atoms with E-state index in [1.807, 2.05) is 0 Å². The van der Waals surface area contributed by atoms with Gasteiger partial charge in [0.05, 0.1) is 12.5 Å². The largest absolute Gasteiger partial charge is 0.481 e. The number of nitrogens with zero attached hydrogens (tertiary/aromatic N) is 1. The lowest BCUT2D eigenvalue weighted by molar-refractivity contribution is -0.138. The maximum absolute atomic E-state index is 13.0. The van der Waals surface area contributed by atoms with E-state index in [4.69, 9.17) is 10.8 Å². The molecule has 21 heavy (non-hydrogen) atoms. The van der Waals surface area contributed by atoms with Crippen molar-refractivity contribution >= 4 is 11.9 Å². The molecule has 2 atom stereocenters. The Kier molecular flexibility index (Phi) is 4.90. The molecule has 3 N–H and O–H groups in total. The van der Waals surface area contributed by atoms with Crippen LogP contribution >= 0.6 is 0 Å². The van der Waals surface area contributed by atoms with Gasteiger partial charge in [-0.15, -0.1) is 0 Å². The first-order valence-electron chi connectivity index (χ1n) is 7.00. The van der Waals surface area contributed by atoms with Gasteiger partial charge in [-0.25, -0.2) is 4.39 Å². The minimum atomic E-state index is -1.03. The summed E-state index contributed by atoms with van der Waals surface area (Å²) in [5.74, 6) is -2.33. The second-order valence-electron chi connectivity index (χ2n) is 5.31. The third-order valence-corrected chi connectivity index (χ3v) is 3.83. The molecule has 5 nitrogen and oxygen atoms in total. The summed E-state index contributed by atoms with van der Waals surface area (Å²) in [7, 11) is 0. The van der Waals surface area contributed by atoms with Gasteiger partial charge in [-0.2, -0.15) is 0 Å². The van der Waals surface area contributed by atoms with Crippen LogP contribution in [0.15, 0.2) is 24.3 Å². The minimum Gasteiger partial charge on any atom is -0.481 e. The first-order valence-corrected chi connectivity index (χ1v) is 7.00. The molecule has 1 aromatic carbocycles. The average molecular weight is 294 g/mol. The quantitative estimate of drug-likeness (QED) is 0.858. The Labute approximate surface area is 122 Å². The molecule has 1 aliphatic rings. The number of carbonyl (C=O) groups excluding carboxylic acids is 1. The predicted octanol–water partition coefficient (Wildman–Crippen LogP) is 1.33. The smallest absolute Gasteiger partial charge is 0.304 e. The van der Waals surface area contributed by atoms with E-state index >= 15 is 0 Å². The topological polar surface area (TPSA) is 83.6 Å². The highest BCUT2D eigenvalue weighted by Crippen LogP contribution is 2.25. The molecule has 0 bridgehead atoms. The number of amides is 1. The minimum absolute atomic E-state index is 0.233. The van der Waals surface area contributed by atoms with Crippen LogP contribution in [0, 0.1) is 5.82 Å².